The second kappa shape index (κ2) is 6.32. The first-order valence-electron chi connectivity index (χ1n) is 7.58. The third-order valence-corrected chi connectivity index (χ3v) is 4.30. The average molecular weight is 338 g/mol. The number of nitrogens with one attached hydrogen (secondary N) is 1. The number of nitrogens with zero attached hydrogens (tertiary/aromatic N) is 5. The molecule has 1 aromatic carbocycles. The van der Waals surface area contributed by atoms with Crippen molar-refractivity contribution in [1.29, 1.82) is 0 Å². The van der Waals surface area contributed by atoms with Crippen LogP contribution in [0.3, 0.4) is 0 Å². The van der Waals surface area contributed by atoms with Gasteiger partial charge in [-0.3, -0.25) is 4.79 Å². The number of amides is 1. The lowest BCUT2D eigenvalue weighted by molar-refractivity contribution is 0.0952. The number of fused-ring (bicyclic) bond motifs is 2. The lowest BCUT2D eigenvalue weighted by Gasteiger charge is -2.06. The number of carbonyl (C=O) groups is 1. The van der Waals surface area contributed by atoms with Crippen molar-refractivity contribution < 1.29 is 4.79 Å². The first-order chi connectivity index (χ1) is 11.8. The van der Waals surface area contributed by atoms with Crippen LogP contribution in [-0.4, -0.2) is 35.7 Å². The monoisotopic (exact) mass is 338 g/mol. The van der Waals surface area contributed by atoms with Gasteiger partial charge in [0.2, 0.25) is 0 Å². The number of para-hydroxylation sites is 2. The van der Waals surface area contributed by atoms with Crippen LogP contribution < -0.4 is 5.32 Å². The van der Waals surface area contributed by atoms with Gasteiger partial charge >= 0.3 is 0 Å². The third kappa shape index (κ3) is 2.83. The number of rotatable bonds is 5. The Balaban J connectivity index is 1.34. The van der Waals surface area contributed by atoms with Crippen LogP contribution in [-0.2, 0) is 6.54 Å². The molecule has 8 heteroatoms. The number of pyridine rings is 1. The minimum absolute atomic E-state index is 0.145. The molecule has 0 radical (unpaired) electrons. The molecule has 0 aliphatic heterocycles. The minimum atomic E-state index is -0.145. The van der Waals surface area contributed by atoms with E-state index in [2.05, 4.69) is 28.6 Å². The zero-order chi connectivity index (χ0) is 16.4. The summed E-state index contributed by atoms with van der Waals surface area (Å²) in [4.78, 5) is 20.7. The minimum Gasteiger partial charge on any atom is -0.352 e. The number of hydrogen-bond acceptors (Lipinski definition) is 6. The fraction of sp³-hybridized carbons (Fsp3) is 0.188. The summed E-state index contributed by atoms with van der Waals surface area (Å²) in [7, 11) is 0. The van der Waals surface area contributed by atoms with Crippen LogP contribution >= 0.6 is 11.7 Å². The van der Waals surface area contributed by atoms with Crippen molar-refractivity contribution in [2.45, 2.75) is 13.0 Å². The predicted octanol–water partition coefficient (Wildman–Crippen LogP) is 2.26. The van der Waals surface area contributed by atoms with Crippen molar-refractivity contribution in [3.05, 3.63) is 48.4 Å². The van der Waals surface area contributed by atoms with Gasteiger partial charge in [-0.05, 0) is 24.6 Å². The highest BCUT2D eigenvalue weighted by atomic mass is 32.1. The Morgan fingerprint density at radius 2 is 2.08 bits per heavy atom. The molecular formula is C16H14N6OS. The summed E-state index contributed by atoms with van der Waals surface area (Å²) in [5, 5.41) is 2.91. The van der Waals surface area contributed by atoms with Crippen LogP contribution in [0.25, 0.3) is 22.2 Å². The van der Waals surface area contributed by atoms with Crippen molar-refractivity contribution >= 4 is 39.8 Å². The highest BCUT2D eigenvalue weighted by Crippen LogP contribution is 2.12. The molecule has 0 saturated heterocycles. The van der Waals surface area contributed by atoms with Crippen molar-refractivity contribution in [3.8, 4) is 0 Å². The summed E-state index contributed by atoms with van der Waals surface area (Å²) < 4.78 is 10.2. The average Bonchev–Trinajstić information content (AvgIpc) is 3.24. The fourth-order valence-electron chi connectivity index (χ4n) is 2.55. The van der Waals surface area contributed by atoms with Crippen LogP contribution in [0.15, 0.2) is 42.9 Å². The van der Waals surface area contributed by atoms with Crippen LogP contribution in [0.1, 0.15) is 16.8 Å². The van der Waals surface area contributed by atoms with E-state index < -0.39 is 0 Å². The molecule has 0 spiro atoms. The van der Waals surface area contributed by atoms with Crippen molar-refractivity contribution in [3.63, 3.8) is 0 Å². The lowest BCUT2D eigenvalue weighted by Crippen LogP contribution is -2.25. The van der Waals surface area contributed by atoms with E-state index in [-0.39, 0.29) is 5.91 Å². The molecule has 4 aromatic rings. The third-order valence-electron chi connectivity index (χ3n) is 3.76. The van der Waals surface area contributed by atoms with Crippen molar-refractivity contribution in [2.24, 2.45) is 0 Å². The van der Waals surface area contributed by atoms with Crippen LogP contribution in [0.2, 0.25) is 0 Å². The van der Waals surface area contributed by atoms with E-state index in [0.717, 1.165) is 35.7 Å². The van der Waals surface area contributed by atoms with Gasteiger partial charge in [-0.25, -0.2) is 9.97 Å². The van der Waals surface area contributed by atoms with Gasteiger partial charge in [0.05, 0.1) is 34.7 Å². The Bertz CT molecular complexity index is 1010. The van der Waals surface area contributed by atoms with Gasteiger partial charge < -0.3 is 9.88 Å². The van der Waals surface area contributed by atoms with Crippen molar-refractivity contribution in [2.75, 3.05) is 6.54 Å². The molecule has 0 aliphatic rings. The van der Waals surface area contributed by atoms with Gasteiger partial charge in [-0.2, -0.15) is 8.75 Å². The van der Waals surface area contributed by atoms with Gasteiger partial charge in [-0.1, -0.05) is 12.1 Å². The molecule has 0 unspecified atom stereocenters. The van der Waals surface area contributed by atoms with Crippen LogP contribution in [0, 0.1) is 0 Å². The van der Waals surface area contributed by atoms with E-state index in [1.54, 1.807) is 6.07 Å². The molecule has 7 nitrogen and oxygen atoms in total. The van der Waals surface area contributed by atoms with Crippen LogP contribution in [0.4, 0.5) is 0 Å². The predicted molar refractivity (Wildman–Crippen MR) is 91.9 cm³/mol. The smallest absolute Gasteiger partial charge is 0.252 e. The number of aromatic nitrogens is 5. The summed E-state index contributed by atoms with van der Waals surface area (Å²) >= 11 is 1.09. The maximum Gasteiger partial charge on any atom is 0.252 e. The van der Waals surface area contributed by atoms with E-state index in [1.807, 2.05) is 30.6 Å². The molecule has 1 amide bonds. The number of carbonyl (C=O) groups excluding carboxylic acids is 1. The first-order valence-corrected chi connectivity index (χ1v) is 8.31. The zero-order valence-electron chi connectivity index (χ0n) is 12.7. The Morgan fingerprint density at radius 3 is 3.04 bits per heavy atom. The molecule has 0 aliphatic carbocycles. The van der Waals surface area contributed by atoms with E-state index in [9.17, 15) is 4.79 Å². The summed E-state index contributed by atoms with van der Waals surface area (Å²) in [6.07, 6.45) is 4.18. The maximum absolute atomic E-state index is 12.2. The van der Waals surface area contributed by atoms with Crippen LogP contribution in [0.5, 0.6) is 0 Å². The Labute approximate surface area is 141 Å². The Hall–Kier alpha value is -2.87. The number of benzene rings is 1. The molecule has 4 rings (SSSR count). The summed E-state index contributed by atoms with van der Waals surface area (Å²) in [6, 6.07) is 9.72. The molecular weight excluding hydrogens is 324 g/mol. The highest BCUT2D eigenvalue weighted by Gasteiger charge is 2.09. The van der Waals surface area contributed by atoms with Gasteiger partial charge in [0.1, 0.15) is 5.52 Å². The molecule has 24 heavy (non-hydrogen) atoms. The van der Waals surface area contributed by atoms with E-state index in [1.165, 1.54) is 6.20 Å². The standard InChI is InChI=1S/C16H14N6OS/c23-16(11-8-13-15(18-9-11)21-24-20-13)17-6-3-7-22-10-19-12-4-1-2-5-14(12)22/h1-2,4-5,8-10H,3,6-7H2,(H,17,23). The number of hydrogen-bond donors (Lipinski definition) is 1. The van der Waals surface area contributed by atoms with Gasteiger partial charge in [0.15, 0.2) is 5.65 Å². The molecule has 120 valence electrons. The SMILES string of the molecule is O=C(NCCCn1cnc2ccccc21)c1cnc2nsnc2c1. The zero-order valence-corrected chi connectivity index (χ0v) is 13.5. The topological polar surface area (TPSA) is 85.6 Å². The normalized spacial score (nSPS) is 11.2. The molecule has 0 bridgehead atoms. The second-order valence-electron chi connectivity index (χ2n) is 5.37. The maximum atomic E-state index is 12.2. The molecule has 3 heterocycles. The lowest BCUT2D eigenvalue weighted by atomic mass is 10.2. The number of aryl methyl sites for hydroxylation is 1. The largest absolute Gasteiger partial charge is 0.352 e. The number of imidazole rings is 1. The highest BCUT2D eigenvalue weighted by molar-refractivity contribution is 7.00. The molecule has 3 aromatic heterocycles. The Morgan fingerprint density at radius 1 is 1.17 bits per heavy atom. The van der Waals surface area contributed by atoms with E-state index >= 15 is 0 Å². The Kier molecular flexibility index (Phi) is 3.87. The van der Waals surface area contributed by atoms with E-state index in [4.69, 9.17) is 0 Å². The summed E-state index contributed by atoms with van der Waals surface area (Å²) in [6.45, 7) is 1.38. The summed E-state index contributed by atoms with van der Waals surface area (Å²) in [5.41, 5.74) is 3.82. The molecule has 0 atom stereocenters. The first kappa shape index (κ1) is 14.7. The second-order valence-corrected chi connectivity index (χ2v) is 5.90. The fourth-order valence-corrected chi connectivity index (χ4v) is 3.03. The van der Waals surface area contributed by atoms with Gasteiger partial charge in [-0.15, -0.1) is 0 Å². The van der Waals surface area contributed by atoms with Gasteiger partial charge in [0.25, 0.3) is 5.91 Å². The summed E-state index contributed by atoms with van der Waals surface area (Å²) in [5.74, 6) is -0.145. The van der Waals surface area contributed by atoms with E-state index in [0.29, 0.717) is 23.3 Å². The molecule has 0 fully saturated rings. The van der Waals surface area contributed by atoms with Gasteiger partial charge in [0, 0.05) is 19.3 Å². The molecule has 0 saturated carbocycles. The van der Waals surface area contributed by atoms with Crippen molar-refractivity contribution in [1.82, 2.24) is 28.6 Å². The quantitative estimate of drug-likeness (QED) is 0.564. The molecule has 1 N–H and O–H groups in total.